The molecule has 1 aromatic carbocycles. The molecule has 0 aliphatic carbocycles. The van der Waals surface area contributed by atoms with Gasteiger partial charge in [0.15, 0.2) is 11.5 Å². The number of hydrogen-bond acceptors (Lipinski definition) is 5. The summed E-state index contributed by atoms with van der Waals surface area (Å²) < 4.78 is 11.5. The first-order valence-corrected chi connectivity index (χ1v) is 9.33. The van der Waals surface area contributed by atoms with Crippen molar-refractivity contribution < 1.29 is 9.47 Å². The molecule has 2 aliphatic heterocycles. The van der Waals surface area contributed by atoms with Gasteiger partial charge in [-0.15, -0.1) is 11.3 Å². The quantitative estimate of drug-likeness (QED) is 0.853. The molecular weight excluding hydrogens is 308 g/mol. The lowest BCUT2D eigenvalue weighted by Gasteiger charge is -2.25. The van der Waals surface area contributed by atoms with Gasteiger partial charge in [-0.2, -0.15) is 0 Å². The van der Waals surface area contributed by atoms with E-state index in [1.165, 1.54) is 37.4 Å². The zero-order valence-corrected chi connectivity index (χ0v) is 14.1. The molecule has 0 amide bonds. The van der Waals surface area contributed by atoms with Crippen LogP contribution in [0.1, 0.15) is 30.7 Å². The van der Waals surface area contributed by atoms with Crippen molar-refractivity contribution in [3.05, 3.63) is 28.6 Å². The number of aromatic nitrogens is 1. The highest BCUT2D eigenvalue weighted by Crippen LogP contribution is 2.34. The minimum atomic E-state index is 0.716. The Morgan fingerprint density at radius 1 is 1.00 bits per heavy atom. The van der Waals surface area contributed by atoms with Gasteiger partial charge in [-0.1, -0.05) is 6.42 Å². The topological polar surface area (TPSA) is 34.6 Å². The van der Waals surface area contributed by atoms with E-state index in [0.29, 0.717) is 6.61 Å². The summed E-state index contributed by atoms with van der Waals surface area (Å²) in [4.78, 5) is 7.34. The smallest absolute Gasteiger partial charge is 0.161 e. The average Bonchev–Trinajstić information content (AvgIpc) is 2.92. The van der Waals surface area contributed by atoms with Crippen LogP contribution in [-0.4, -0.2) is 36.2 Å². The molecule has 0 unspecified atom stereocenters. The Bertz CT molecular complexity index is 665. The number of hydrogen-bond donors (Lipinski definition) is 0. The fourth-order valence-electron chi connectivity index (χ4n) is 3.15. The van der Waals surface area contributed by atoms with Crippen LogP contribution < -0.4 is 9.47 Å². The van der Waals surface area contributed by atoms with E-state index in [-0.39, 0.29) is 0 Å². The fourth-order valence-corrected chi connectivity index (χ4v) is 3.99. The highest BCUT2D eigenvalue weighted by molar-refractivity contribution is 7.09. The van der Waals surface area contributed by atoms with Crippen LogP contribution >= 0.6 is 11.3 Å². The largest absolute Gasteiger partial charge is 0.490 e. The lowest BCUT2D eigenvalue weighted by molar-refractivity contribution is 0.220. The minimum Gasteiger partial charge on any atom is -0.490 e. The van der Waals surface area contributed by atoms with Crippen molar-refractivity contribution in [3.63, 3.8) is 0 Å². The second kappa shape index (κ2) is 6.89. The summed E-state index contributed by atoms with van der Waals surface area (Å²) in [5, 5.41) is 3.35. The normalized spacial score (nSPS) is 18.6. The summed E-state index contributed by atoms with van der Waals surface area (Å²) in [7, 11) is 0. The number of thiazole rings is 1. The summed E-state index contributed by atoms with van der Waals surface area (Å²) in [6.45, 7) is 4.84. The first-order valence-electron chi connectivity index (χ1n) is 8.45. The molecule has 5 heteroatoms. The SMILES string of the molecule is c1cc2c(cc1-c1csc(CN3CCCCC3)n1)OCCCO2. The van der Waals surface area contributed by atoms with E-state index in [2.05, 4.69) is 22.4 Å². The van der Waals surface area contributed by atoms with E-state index in [9.17, 15) is 0 Å². The Kier molecular flexibility index (Phi) is 4.48. The van der Waals surface area contributed by atoms with Gasteiger partial charge in [0.1, 0.15) is 5.01 Å². The average molecular weight is 330 g/mol. The van der Waals surface area contributed by atoms with Crippen LogP contribution in [0, 0.1) is 0 Å². The number of rotatable bonds is 3. The number of likely N-dealkylation sites (tertiary alicyclic amines) is 1. The third-order valence-electron chi connectivity index (χ3n) is 4.40. The number of piperidine rings is 1. The highest BCUT2D eigenvalue weighted by atomic mass is 32.1. The van der Waals surface area contributed by atoms with E-state index in [4.69, 9.17) is 14.5 Å². The lowest BCUT2D eigenvalue weighted by Crippen LogP contribution is -2.28. The summed E-state index contributed by atoms with van der Waals surface area (Å²) >= 11 is 1.75. The Morgan fingerprint density at radius 2 is 1.83 bits per heavy atom. The van der Waals surface area contributed by atoms with Gasteiger partial charge < -0.3 is 9.47 Å². The molecule has 122 valence electrons. The summed E-state index contributed by atoms with van der Waals surface area (Å²) in [6, 6.07) is 6.13. The van der Waals surface area contributed by atoms with Crippen LogP contribution in [0.4, 0.5) is 0 Å². The molecule has 4 rings (SSSR count). The number of nitrogens with zero attached hydrogens (tertiary/aromatic N) is 2. The van der Waals surface area contributed by atoms with Crippen molar-refractivity contribution in [2.75, 3.05) is 26.3 Å². The molecule has 0 radical (unpaired) electrons. The van der Waals surface area contributed by atoms with E-state index in [1.807, 2.05) is 6.07 Å². The lowest BCUT2D eigenvalue weighted by atomic mass is 10.1. The van der Waals surface area contributed by atoms with Gasteiger partial charge in [-0.05, 0) is 44.1 Å². The molecule has 0 spiro atoms. The van der Waals surface area contributed by atoms with E-state index in [1.54, 1.807) is 11.3 Å². The first-order chi connectivity index (χ1) is 11.4. The Morgan fingerprint density at radius 3 is 2.70 bits per heavy atom. The fraction of sp³-hybridized carbons (Fsp3) is 0.500. The monoisotopic (exact) mass is 330 g/mol. The third-order valence-corrected chi connectivity index (χ3v) is 5.24. The van der Waals surface area contributed by atoms with Gasteiger partial charge in [0.25, 0.3) is 0 Å². The first kappa shape index (κ1) is 15.0. The number of ether oxygens (including phenoxy) is 2. The minimum absolute atomic E-state index is 0.716. The standard InChI is InChI=1S/C18H22N2O2S/c1-2-7-20(8-3-1)12-18-19-15(13-23-18)14-5-6-16-17(11-14)22-10-4-9-21-16/h5-6,11,13H,1-4,7-10,12H2. The molecule has 4 nitrogen and oxygen atoms in total. The van der Waals surface area contributed by atoms with Crippen LogP contribution in [0.3, 0.4) is 0 Å². The predicted octanol–water partition coefficient (Wildman–Crippen LogP) is 3.96. The van der Waals surface area contributed by atoms with Crippen LogP contribution in [0.15, 0.2) is 23.6 Å². The maximum Gasteiger partial charge on any atom is 0.161 e. The van der Waals surface area contributed by atoms with Gasteiger partial charge >= 0.3 is 0 Å². The predicted molar refractivity (Wildman–Crippen MR) is 92.3 cm³/mol. The molecule has 2 aromatic rings. The molecule has 2 aliphatic rings. The van der Waals surface area contributed by atoms with Crippen LogP contribution in [0.25, 0.3) is 11.3 Å². The molecule has 1 saturated heterocycles. The van der Waals surface area contributed by atoms with Crippen molar-refractivity contribution in [1.29, 1.82) is 0 Å². The molecule has 23 heavy (non-hydrogen) atoms. The second-order valence-corrected chi connectivity index (χ2v) is 7.12. The molecule has 0 N–H and O–H groups in total. The molecular formula is C18H22N2O2S. The van der Waals surface area contributed by atoms with Gasteiger partial charge in [-0.3, -0.25) is 4.90 Å². The van der Waals surface area contributed by atoms with Crippen LogP contribution in [-0.2, 0) is 6.54 Å². The Labute approximate surface area is 141 Å². The van der Waals surface area contributed by atoms with E-state index in [0.717, 1.165) is 42.3 Å². The number of benzene rings is 1. The molecule has 1 aromatic heterocycles. The van der Waals surface area contributed by atoms with Gasteiger partial charge in [0.2, 0.25) is 0 Å². The maximum atomic E-state index is 5.78. The molecule has 0 bridgehead atoms. The molecule has 0 atom stereocenters. The molecule has 3 heterocycles. The maximum absolute atomic E-state index is 5.78. The zero-order chi connectivity index (χ0) is 15.5. The van der Waals surface area contributed by atoms with E-state index < -0.39 is 0 Å². The van der Waals surface area contributed by atoms with Gasteiger partial charge in [0.05, 0.1) is 25.5 Å². The number of fused-ring (bicyclic) bond motifs is 1. The Hall–Kier alpha value is -1.59. The van der Waals surface area contributed by atoms with Crippen molar-refractivity contribution in [3.8, 4) is 22.8 Å². The molecule has 0 saturated carbocycles. The third kappa shape index (κ3) is 3.51. The molecule has 1 fully saturated rings. The van der Waals surface area contributed by atoms with Crippen molar-refractivity contribution in [2.45, 2.75) is 32.2 Å². The van der Waals surface area contributed by atoms with Crippen molar-refractivity contribution >= 4 is 11.3 Å². The van der Waals surface area contributed by atoms with Crippen LogP contribution in [0.2, 0.25) is 0 Å². The Balaban J connectivity index is 1.51. The second-order valence-electron chi connectivity index (χ2n) is 6.18. The van der Waals surface area contributed by atoms with Gasteiger partial charge in [-0.25, -0.2) is 4.98 Å². The summed E-state index contributed by atoms with van der Waals surface area (Å²) in [5.41, 5.74) is 2.15. The van der Waals surface area contributed by atoms with Crippen LogP contribution in [0.5, 0.6) is 11.5 Å². The zero-order valence-electron chi connectivity index (χ0n) is 13.3. The van der Waals surface area contributed by atoms with E-state index >= 15 is 0 Å². The van der Waals surface area contributed by atoms with Crippen molar-refractivity contribution in [2.24, 2.45) is 0 Å². The summed E-state index contributed by atoms with van der Waals surface area (Å²) in [5.74, 6) is 1.68. The van der Waals surface area contributed by atoms with Crippen molar-refractivity contribution in [1.82, 2.24) is 9.88 Å². The van der Waals surface area contributed by atoms with Gasteiger partial charge in [0, 0.05) is 17.4 Å². The highest BCUT2D eigenvalue weighted by Gasteiger charge is 2.15. The summed E-state index contributed by atoms with van der Waals surface area (Å²) in [6.07, 6.45) is 4.94.